The van der Waals surface area contributed by atoms with E-state index in [2.05, 4.69) is 42.8 Å². The molecule has 4 nitrogen and oxygen atoms in total. The maximum atomic E-state index is 9.76. The van der Waals surface area contributed by atoms with Gasteiger partial charge in [-0.1, -0.05) is 20.8 Å². The van der Waals surface area contributed by atoms with Crippen LogP contribution in [0.2, 0.25) is 0 Å². The van der Waals surface area contributed by atoms with Crippen molar-refractivity contribution in [3.05, 3.63) is 38.2 Å². The maximum absolute atomic E-state index is 9.76. The fraction of sp³-hybridized carbons (Fsp3) is 0.478. The molecule has 0 unspecified atom stereocenters. The average Bonchev–Trinajstić information content (AvgIpc) is 3.03. The van der Waals surface area contributed by atoms with E-state index >= 15 is 0 Å². The number of thiophene rings is 1. The standard InChI is InChI=1S/C23H27BrN2O2S/c1-6-28-20-11-18(24)14(9-19(20)27-5)13-26-22-17(12-25)16-8-7-15(23(2,3)4)10-21(16)29-22/h9,11,13,15H,6-8,10H2,1-5H3/t15-/m1/s1. The van der Waals surface area contributed by atoms with Gasteiger partial charge < -0.3 is 9.47 Å². The largest absolute Gasteiger partial charge is 0.493 e. The highest BCUT2D eigenvalue weighted by molar-refractivity contribution is 9.10. The summed E-state index contributed by atoms with van der Waals surface area (Å²) in [6.45, 7) is 9.42. The molecule has 1 aromatic carbocycles. The zero-order valence-corrected chi connectivity index (χ0v) is 20.0. The van der Waals surface area contributed by atoms with Crippen molar-refractivity contribution in [1.82, 2.24) is 0 Å². The molecule has 0 amide bonds. The number of nitriles is 1. The lowest BCUT2D eigenvalue weighted by Crippen LogP contribution is -2.26. The van der Waals surface area contributed by atoms with Gasteiger partial charge in [0, 0.05) is 21.1 Å². The second kappa shape index (κ2) is 8.89. The van der Waals surface area contributed by atoms with Gasteiger partial charge in [-0.25, -0.2) is 4.99 Å². The minimum atomic E-state index is 0.279. The number of ether oxygens (including phenoxy) is 2. The van der Waals surface area contributed by atoms with E-state index in [0.717, 1.165) is 39.9 Å². The predicted molar refractivity (Wildman–Crippen MR) is 123 cm³/mol. The lowest BCUT2D eigenvalue weighted by atomic mass is 9.72. The van der Waals surface area contributed by atoms with Gasteiger partial charge in [0.1, 0.15) is 11.1 Å². The van der Waals surface area contributed by atoms with Gasteiger partial charge in [0.2, 0.25) is 0 Å². The number of fused-ring (bicyclic) bond motifs is 1. The van der Waals surface area contributed by atoms with E-state index in [-0.39, 0.29) is 5.41 Å². The molecule has 1 heterocycles. The smallest absolute Gasteiger partial charge is 0.162 e. The van der Waals surface area contributed by atoms with E-state index in [4.69, 9.17) is 14.5 Å². The molecule has 154 valence electrons. The summed E-state index contributed by atoms with van der Waals surface area (Å²) in [5.41, 5.74) is 3.10. The predicted octanol–water partition coefficient (Wildman–Crippen LogP) is 6.69. The lowest BCUT2D eigenvalue weighted by Gasteiger charge is -2.33. The molecule has 6 heteroatoms. The first-order valence-electron chi connectivity index (χ1n) is 9.87. The van der Waals surface area contributed by atoms with Gasteiger partial charge in [0.25, 0.3) is 0 Å². The van der Waals surface area contributed by atoms with Crippen LogP contribution < -0.4 is 9.47 Å². The van der Waals surface area contributed by atoms with Crippen molar-refractivity contribution in [2.75, 3.05) is 13.7 Å². The summed E-state index contributed by atoms with van der Waals surface area (Å²) in [4.78, 5) is 6.02. The number of halogens is 1. The van der Waals surface area contributed by atoms with Crippen molar-refractivity contribution in [1.29, 1.82) is 5.26 Å². The number of hydrogen-bond acceptors (Lipinski definition) is 5. The number of aliphatic imine (C=N–C) groups is 1. The highest BCUT2D eigenvalue weighted by atomic mass is 79.9. The minimum absolute atomic E-state index is 0.279. The molecule has 29 heavy (non-hydrogen) atoms. The minimum Gasteiger partial charge on any atom is -0.493 e. The molecular weight excluding hydrogens is 448 g/mol. The van der Waals surface area contributed by atoms with E-state index in [0.29, 0.717) is 24.0 Å². The van der Waals surface area contributed by atoms with E-state index in [1.54, 1.807) is 24.7 Å². The van der Waals surface area contributed by atoms with Crippen LogP contribution in [0.5, 0.6) is 11.5 Å². The number of rotatable bonds is 5. The Morgan fingerprint density at radius 2 is 2.10 bits per heavy atom. The van der Waals surface area contributed by atoms with Crippen molar-refractivity contribution in [2.45, 2.75) is 47.0 Å². The molecule has 1 atom stereocenters. The second-order valence-electron chi connectivity index (χ2n) is 8.32. The van der Waals surface area contributed by atoms with Crippen LogP contribution in [0.3, 0.4) is 0 Å². The van der Waals surface area contributed by atoms with Crippen LogP contribution in [0.25, 0.3) is 0 Å². The Hall–Kier alpha value is -1.84. The van der Waals surface area contributed by atoms with E-state index in [1.807, 2.05) is 19.1 Å². The molecule has 1 aliphatic rings. The fourth-order valence-corrected chi connectivity index (χ4v) is 5.37. The Labute approximate surface area is 185 Å². The highest BCUT2D eigenvalue weighted by Crippen LogP contribution is 2.45. The Morgan fingerprint density at radius 1 is 1.34 bits per heavy atom. The summed E-state index contributed by atoms with van der Waals surface area (Å²) < 4.78 is 11.9. The van der Waals surface area contributed by atoms with Crippen LogP contribution >= 0.6 is 27.3 Å². The number of hydrogen-bond donors (Lipinski definition) is 0. The first kappa shape index (κ1) is 21.9. The third-order valence-electron chi connectivity index (χ3n) is 5.49. The Bertz CT molecular complexity index is 967. The zero-order valence-electron chi connectivity index (χ0n) is 17.6. The quantitative estimate of drug-likeness (QED) is 0.453. The molecule has 1 aliphatic carbocycles. The molecule has 0 fully saturated rings. The van der Waals surface area contributed by atoms with Gasteiger partial charge in [-0.2, -0.15) is 5.26 Å². The van der Waals surface area contributed by atoms with Crippen molar-refractivity contribution in [2.24, 2.45) is 16.3 Å². The van der Waals surface area contributed by atoms with E-state index in [9.17, 15) is 5.26 Å². The molecule has 0 saturated carbocycles. The molecular formula is C23H27BrN2O2S. The van der Waals surface area contributed by atoms with Gasteiger partial charge in [-0.05, 0) is 71.1 Å². The molecule has 0 N–H and O–H groups in total. The maximum Gasteiger partial charge on any atom is 0.162 e. The number of benzene rings is 1. The molecule has 0 spiro atoms. The Kier molecular flexibility index (Phi) is 6.70. The molecule has 2 aromatic rings. The molecule has 1 aromatic heterocycles. The van der Waals surface area contributed by atoms with Gasteiger partial charge in [0.05, 0.1) is 19.3 Å². The molecule has 0 saturated heterocycles. The Morgan fingerprint density at radius 3 is 2.72 bits per heavy atom. The third-order valence-corrected chi connectivity index (χ3v) is 7.34. The Balaban J connectivity index is 1.93. The van der Waals surface area contributed by atoms with Crippen molar-refractivity contribution < 1.29 is 9.47 Å². The van der Waals surface area contributed by atoms with Crippen LogP contribution in [0, 0.1) is 22.7 Å². The van der Waals surface area contributed by atoms with Crippen LogP contribution in [0.4, 0.5) is 5.00 Å². The summed E-state index contributed by atoms with van der Waals surface area (Å²) in [6.07, 6.45) is 4.93. The number of nitrogens with zero attached hydrogens (tertiary/aromatic N) is 2. The van der Waals surface area contributed by atoms with Gasteiger partial charge in [-0.3, -0.25) is 0 Å². The lowest BCUT2D eigenvalue weighted by molar-refractivity contribution is 0.218. The van der Waals surface area contributed by atoms with Crippen molar-refractivity contribution in [3.8, 4) is 17.6 Å². The first-order valence-corrected chi connectivity index (χ1v) is 11.5. The van der Waals surface area contributed by atoms with Crippen LogP contribution in [0.15, 0.2) is 21.6 Å². The molecule has 0 radical (unpaired) electrons. The van der Waals surface area contributed by atoms with Crippen molar-refractivity contribution in [3.63, 3.8) is 0 Å². The summed E-state index contributed by atoms with van der Waals surface area (Å²) in [5, 5.41) is 10.6. The zero-order chi connectivity index (χ0) is 21.2. The fourth-order valence-electron chi connectivity index (χ4n) is 3.72. The normalized spacial score (nSPS) is 16.5. The summed E-state index contributed by atoms with van der Waals surface area (Å²) in [7, 11) is 1.62. The van der Waals surface area contributed by atoms with Crippen molar-refractivity contribution >= 4 is 38.5 Å². The summed E-state index contributed by atoms with van der Waals surface area (Å²) in [6, 6.07) is 6.18. The molecule has 0 aliphatic heterocycles. The summed E-state index contributed by atoms with van der Waals surface area (Å²) in [5.74, 6) is 1.99. The van der Waals surface area contributed by atoms with Crippen LogP contribution in [-0.4, -0.2) is 19.9 Å². The van der Waals surface area contributed by atoms with Gasteiger partial charge in [-0.15, -0.1) is 11.3 Å². The molecule has 0 bridgehead atoms. The van der Waals surface area contributed by atoms with E-state index in [1.165, 1.54) is 10.4 Å². The third kappa shape index (κ3) is 4.67. The second-order valence-corrected chi connectivity index (χ2v) is 10.3. The monoisotopic (exact) mass is 474 g/mol. The van der Waals surface area contributed by atoms with Gasteiger partial charge in [0.15, 0.2) is 11.5 Å². The SMILES string of the molecule is CCOc1cc(Br)c(C=Nc2sc3c(c2C#N)CC[C@@H](C(C)(C)C)C3)cc1OC. The molecule has 3 rings (SSSR count). The average molecular weight is 475 g/mol. The van der Waals surface area contributed by atoms with Gasteiger partial charge >= 0.3 is 0 Å². The highest BCUT2D eigenvalue weighted by Gasteiger charge is 2.32. The number of methoxy groups -OCH3 is 1. The van der Waals surface area contributed by atoms with Crippen LogP contribution in [0.1, 0.15) is 55.7 Å². The first-order chi connectivity index (χ1) is 13.8. The van der Waals surface area contributed by atoms with E-state index < -0.39 is 0 Å². The van der Waals surface area contributed by atoms with Crippen LogP contribution in [-0.2, 0) is 12.8 Å². The topological polar surface area (TPSA) is 54.6 Å². The summed E-state index contributed by atoms with van der Waals surface area (Å²) >= 11 is 5.25.